The Morgan fingerprint density at radius 1 is 1.10 bits per heavy atom. The molecular weight excluding hydrogens is 257 g/mol. The molecule has 0 aliphatic heterocycles. The quantitative estimate of drug-likeness (QED) is 0.672. The summed E-state index contributed by atoms with van der Waals surface area (Å²) in [5, 5.41) is 2.64. The Bertz CT molecular complexity index is 559. The highest BCUT2D eigenvalue weighted by Gasteiger charge is 2.41. The Hall–Kier alpha value is -2.20. The molecule has 0 aliphatic carbocycles. The second-order valence-electron chi connectivity index (χ2n) is 4.36. The van der Waals surface area contributed by atoms with Crippen LogP contribution in [0.4, 0.5) is 4.39 Å². The molecule has 0 saturated carbocycles. The minimum absolute atomic E-state index is 0.224. The summed E-state index contributed by atoms with van der Waals surface area (Å²) in [6.07, 6.45) is 0. The third kappa shape index (κ3) is 3.03. The predicted octanol–water partition coefficient (Wildman–Crippen LogP) is 2.77. The van der Waals surface area contributed by atoms with Crippen LogP contribution >= 0.6 is 0 Å². The molecule has 104 valence electrons. The molecule has 20 heavy (non-hydrogen) atoms. The fraction of sp³-hybridized carbons (Fsp3) is 0.188. The number of benzene rings is 2. The Labute approximate surface area is 117 Å². The van der Waals surface area contributed by atoms with Gasteiger partial charge in [-0.2, -0.15) is 0 Å². The van der Waals surface area contributed by atoms with Crippen molar-refractivity contribution in [3.63, 3.8) is 0 Å². The molecule has 0 aliphatic rings. The number of hydrogen-bond acceptors (Lipinski definition) is 3. The zero-order valence-electron chi connectivity index (χ0n) is 11.2. The van der Waals surface area contributed by atoms with Crippen molar-refractivity contribution >= 4 is 5.97 Å². The summed E-state index contributed by atoms with van der Waals surface area (Å²) in [5.41, 5.74) is 1.11. The highest BCUT2D eigenvalue weighted by molar-refractivity contribution is 5.80. The van der Waals surface area contributed by atoms with E-state index in [1.54, 1.807) is 30.3 Å². The van der Waals surface area contributed by atoms with E-state index in [1.807, 2.05) is 30.3 Å². The molecule has 0 heterocycles. The molecule has 2 aromatic carbocycles. The van der Waals surface area contributed by atoms with E-state index in [9.17, 15) is 4.79 Å². The lowest BCUT2D eigenvalue weighted by molar-refractivity contribution is -0.158. The van der Waals surface area contributed by atoms with Gasteiger partial charge >= 0.3 is 5.97 Å². The van der Waals surface area contributed by atoms with Crippen molar-refractivity contribution < 1.29 is 13.9 Å². The van der Waals surface area contributed by atoms with Crippen LogP contribution in [0, 0.1) is 0 Å². The van der Waals surface area contributed by atoms with Gasteiger partial charge in [0.1, 0.15) is 0 Å². The Morgan fingerprint density at radius 2 is 1.65 bits per heavy atom. The van der Waals surface area contributed by atoms with Gasteiger partial charge in [0.25, 0.3) is 5.79 Å². The first-order valence-electron chi connectivity index (χ1n) is 6.28. The van der Waals surface area contributed by atoms with Gasteiger partial charge in [0.15, 0.2) is 0 Å². The lowest BCUT2D eigenvalue weighted by Gasteiger charge is -2.24. The van der Waals surface area contributed by atoms with Crippen LogP contribution in [-0.4, -0.2) is 13.1 Å². The maximum Gasteiger partial charge on any atom is 0.363 e. The van der Waals surface area contributed by atoms with E-state index in [-0.39, 0.29) is 12.1 Å². The molecule has 0 amide bonds. The summed E-state index contributed by atoms with van der Waals surface area (Å²) in [6, 6.07) is 17.5. The van der Waals surface area contributed by atoms with Gasteiger partial charge in [0, 0.05) is 12.1 Å². The number of nitrogens with one attached hydrogen (secondary N) is 1. The van der Waals surface area contributed by atoms with Crippen molar-refractivity contribution in [2.75, 3.05) is 7.11 Å². The molecule has 2 aromatic rings. The van der Waals surface area contributed by atoms with Crippen LogP contribution in [0.3, 0.4) is 0 Å². The van der Waals surface area contributed by atoms with E-state index >= 15 is 4.39 Å². The topological polar surface area (TPSA) is 38.3 Å². The first-order chi connectivity index (χ1) is 9.66. The summed E-state index contributed by atoms with van der Waals surface area (Å²) in [7, 11) is 1.17. The Kier molecular flexibility index (Phi) is 4.48. The smallest absolute Gasteiger partial charge is 0.363 e. The van der Waals surface area contributed by atoms with Crippen molar-refractivity contribution in [2.24, 2.45) is 0 Å². The highest BCUT2D eigenvalue weighted by atomic mass is 19.1. The van der Waals surface area contributed by atoms with Crippen LogP contribution < -0.4 is 5.32 Å². The van der Waals surface area contributed by atoms with Crippen molar-refractivity contribution in [3.8, 4) is 0 Å². The van der Waals surface area contributed by atoms with E-state index in [0.717, 1.165) is 5.56 Å². The minimum Gasteiger partial charge on any atom is -0.465 e. The van der Waals surface area contributed by atoms with E-state index < -0.39 is 11.8 Å². The molecule has 2 rings (SSSR count). The number of methoxy groups -OCH3 is 1. The number of rotatable bonds is 5. The maximum absolute atomic E-state index is 15.0. The fourth-order valence-corrected chi connectivity index (χ4v) is 1.92. The van der Waals surface area contributed by atoms with Gasteiger partial charge < -0.3 is 4.74 Å². The number of hydrogen-bond donors (Lipinski definition) is 1. The van der Waals surface area contributed by atoms with Crippen LogP contribution in [0.1, 0.15) is 11.1 Å². The van der Waals surface area contributed by atoms with Crippen molar-refractivity contribution in [1.29, 1.82) is 0 Å². The SMILES string of the molecule is COC(=O)C(F)(NCc1ccccc1)c1ccccc1. The number of esters is 1. The van der Waals surface area contributed by atoms with Gasteiger partial charge in [-0.05, 0) is 5.56 Å². The fourth-order valence-electron chi connectivity index (χ4n) is 1.92. The van der Waals surface area contributed by atoms with Gasteiger partial charge in [-0.3, -0.25) is 5.32 Å². The van der Waals surface area contributed by atoms with Crippen LogP contribution in [0.15, 0.2) is 60.7 Å². The lowest BCUT2D eigenvalue weighted by Crippen LogP contribution is -2.45. The summed E-state index contributed by atoms with van der Waals surface area (Å²) in [4.78, 5) is 11.8. The zero-order valence-corrected chi connectivity index (χ0v) is 11.2. The number of alkyl halides is 1. The molecule has 4 heteroatoms. The summed E-state index contributed by atoms with van der Waals surface area (Å²) in [5.74, 6) is -3.31. The van der Waals surface area contributed by atoms with E-state index in [1.165, 1.54) is 7.11 Å². The van der Waals surface area contributed by atoms with Crippen LogP contribution in [0.25, 0.3) is 0 Å². The summed E-state index contributed by atoms with van der Waals surface area (Å²) < 4.78 is 19.6. The molecule has 0 radical (unpaired) electrons. The molecular formula is C16H16FNO2. The monoisotopic (exact) mass is 273 g/mol. The Morgan fingerprint density at radius 3 is 2.20 bits per heavy atom. The second-order valence-corrected chi connectivity index (χ2v) is 4.36. The van der Waals surface area contributed by atoms with Crippen molar-refractivity contribution in [2.45, 2.75) is 12.3 Å². The highest BCUT2D eigenvalue weighted by Crippen LogP contribution is 2.25. The van der Waals surface area contributed by atoms with Crippen molar-refractivity contribution in [3.05, 3.63) is 71.8 Å². The van der Waals surface area contributed by atoms with Gasteiger partial charge in [0.2, 0.25) is 0 Å². The van der Waals surface area contributed by atoms with Crippen LogP contribution in [-0.2, 0) is 21.9 Å². The molecule has 1 N–H and O–H groups in total. The molecule has 1 atom stereocenters. The standard InChI is InChI=1S/C16H16FNO2/c1-20-15(19)16(17,14-10-6-3-7-11-14)18-12-13-8-4-2-5-9-13/h2-11,18H,12H2,1H3. The summed E-state index contributed by atoms with van der Waals surface area (Å²) in [6.45, 7) is 0.224. The van der Waals surface area contributed by atoms with E-state index in [4.69, 9.17) is 0 Å². The third-order valence-corrected chi connectivity index (χ3v) is 3.02. The van der Waals surface area contributed by atoms with Gasteiger partial charge in [-0.25, -0.2) is 9.18 Å². The number of carbonyl (C=O) groups excluding carboxylic acids is 1. The first-order valence-corrected chi connectivity index (χ1v) is 6.28. The molecule has 3 nitrogen and oxygen atoms in total. The molecule has 0 aromatic heterocycles. The maximum atomic E-state index is 15.0. The Balaban J connectivity index is 2.22. The molecule has 0 spiro atoms. The zero-order chi connectivity index (χ0) is 14.4. The number of halogens is 1. The second kappa shape index (κ2) is 6.30. The van der Waals surface area contributed by atoms with E-state index in [0.29, 0.717) is 0 Å². The van der Waals surface area contributed by atoms with Gasteiger partial charge in [0.05, 0.1) is 7.11 Å². The lowest BCUT2D eigenvalue weighted by atomic mass is 10.0. The van der Waals surface area contributed by atoms with E-state index in [2.05, 4.69) is 10.1 Å². The van der Waals surface area contributed by atoms with Gasteiger partial charge in [-0.1, -0.05) is 60.7 Å². The normalized spacial score (nSPS) is 13.5. The molecule has 0 saturated heterocycles. The van der Waals surface area contributed by atoms with Crippen LogP contribution in [0.2, 0.25) is 0 Å². The van der Waals surface area contributed by atoms with Crippen LogP contribution in [0.5, 0.6) is 0 Å². The largest absolute Gasteiger partial charge is 0.465 e. The number of carbonyl (C=O) groups is 1. The summed E-state index contributed by atoms with van der Waals surface area (Å²) >= 11 is 0. The van der Waals surface area contributed by atoms with Crippen molar-refractivity contribution in [1.82, 2.24) is 5.32 Å². The molecule has 0 bridgehead atoms. The van der Waals surface area contributed by atoms with Gasteiger partial charge in [-0.15, -0.1) is 0 Å². The third-order valence-electron chi connectivity index (χ3n) is 3.02. The predicted molar refractivity (Wildman–Crippen MR) is 74.5 cm³/mol. The molecule has 0 fully saturated rings. The molecule has 1 unspecified atom stereocenters. The first kappa shape index (κ1) is 14.2. The average Bonchev–Trinajstić information content (AvgIpc) is 2.53. The average molecular weight is 273 g/mol. The minimum atomic E-state index is -2.36. The number of ether oxygens (including phenoxy) is 1.